The Hall–Kier alpha value is -1.08. The summed E-state index contributed by atoms with van der Waals surface area (Å²) in [6.45, 7) is 0. The van der Waals surface area contributed by atoms with E-state index in [1.54, 1.807) is 12.1 Å². The molecule has 0 saturated carbocycles. The van der Waals surface area contributed by atoms with Gasteiger partial charge in [-0.15, -0.1) is 0 Å². The fourth-order valence-corrected chi connectivity index (χ4v) is 1.81. The SMILES string of the molecule is CS(=O)(=O)NC(=O)c1cc(N)ccc1Br. The molecule has 82 valence electrons. The fraction of sp³-hybridized carbons (Fsp3) is 0.125. The Morgan fingerprint density at radius 3 is 2.60 bits per heavy atom. The first kappa shape index (κ1) is 12.0. The maximum absolute atomic E-state index is 11.5. The Balaban J connectivity index is 3.06. The Morgan fingerprint density at radius 1 is 1.47 bits per heavy atom. The molecule has 0 aromatic heterocycles. The standard InChI is InChI=1S/C8H9BrN2O3S/c1-15(13,14)11-8(12)6-4-5(10)2-3-7(6)9/h2-4H,10H2,1H3,(H,11,12). The fourth-order valence-electron chi connectivity index (χ4n) is 0.940. The summed E-state index contributed by atoms with van der Waals surface area (Å²) in [4.78, 5) is 11.5. The second-order valence-electron chi connectivity index (χ2n) is 2.94. The first-order chi connectivity index (χ1) is 6.79. The molecule has 5 nitrogen and oxygen atoms in total. The van der Waals surface area contributed by atoms with Gasteiger partial charge in [-0.2, -0.15) is 0 Å². The van der Waals surface area contributed by atoms with Crippen LogP contribution in [-0.2, 0) is 10.0 Å². The first-order valence-corrected chi connectivity index (χ1v) is 6.55. The minimum absolute atomic E-state index is 0.181. The molecule has 0 radical (unpaired) electrons. The van der Waals surface area contributed by atoms with Crippen LogP contribution in [0.3, 0.4) is 0 Å². The van der Waals surface area contributed by atoms with Crippen LogP contribution in [0.5, 0.6) is 0 Å². The number of sulfonamides is 1. The van der Waals surface area contributed by atoms with E-state index in [2.05, 4.69) is 15.9 Å². The quantitative estimate of drug-likeness (QED) is 0.786. The third-order valence-electron chi connectivity index (χ3n) is 1.51. The minimum Gasteiger partial charge on any atom is -0.399 e. The number of carbonyl (C=O) groups excluding carboxylic acids is 1. The van der Waals surface area contributed by atoms with E-state index < -0.39 is 15.9 Å². The van der Waals surface area contributed by atoms with E-state index >= 15 is 0 Å². The molecule has 1 aromatic carbocycles. The van der Waals surface area contributed by atoms with Crippen LogP contribution in [0.1, 0.15) is 10.4 Å². The van der Waals surface area contributed by atoms with Crippen LogP contribution < -0.4 is 10.5 Å². The predicted octanol–water partition coefficient (Wildman–Crippen LogP) is 0.721. The van der Waals surface area contributed by atoms with Gasteiger partial charge in [0.05, 0.1) is 11.8 Å². The molecular formula is C8H9BrN2O3S. The summed E-state index contributed by atoms with van der Waals surface area (Å²) in [5.74, 6) is -0.711. The number of benzene rings is 1. The highest BCUT2D eigenvalue weighted by atomic mass is 79.9. The van der Waals surface area contributed by atoms with Gasteiger partial charge in [0.25, 0.3) is 5.91 Å². The molecule has 3 N–H and O–H groups in total. The molecule has 0 aliphatic rings. The summed E-state index contributed by atoms with van der Waals surface area (Å²) in [5.41, 5.74) is 6.05. The van der Waals surface area contributed by atoms with Gasteiger partial charge in [-0.05, 0) is 34.1 Å². The molecule has 0 heterocycles. The maximum atomic E-state index is 11.5. The van der Waals surface area contributed by atoms with Crippen molar-refractivity contribution < 1.29 is 13.2 Å². The molecule has 7 heteroatoms. The molecule has 0 fully saturated rings. The lowest BCUT2D eigenvalue weighted by Gasteiger charge is -2.05. The van der Waals surface area contributed by atoms with Gasteiger partial charge in [0.1, 0.15) is 0 Å². The zero-order valence-corrected chi connectivity index (χ0v) is 10.2. The number of amides is 1. The Kier molecular flexibility index (Phi) is 3.35. The number of rotatable bonds is 2. The van der Waals surface area contributed by atoms with Crippen LogP contribution in [-0.4, -0.2) is 20.6 Å². The number of hydrogen-bond donors (Lipinski definition) is 2. The average molecular weight is 293 g/mol. The van der Waals surface area contributed by atoms with Crippen molar-refractivity contribution in [1.82, 2.24) is 4.72 Å². The smallest absolute Gasteiger partial charge is 0.265 e. The first-order valence-electron chi connectivity index (χ1n) is 3.87. The van der Waals surface area contributed by atoms with Crippen molar-refractivity contribution in [2.45, 2.75) is 0 Å². The van der Waals surface area contributed by atoms with Gasteiger partial charge in [-0.25, -0.2) is 13.1 Å². The molecule has 0 saturated heterocycles. The van der Waals surface area contributed by atoms with Crippen LogP contribution in [0.15, 0.2) is 22.7 Å². The zero-order chi connectivity index (χ0) is 11.6. The van der Waals surface area contributed by atoms with E-state index in [1.807, 2.05) is 4.72 Å². The molecule has 0 spiro atoms. The summed E-state index contributed by atoms with van der Waals surface area (Å²) >= 11 is 3.13. The van der Waals surface area contributed by atoms with Crippen LogP contribution in [0, 0.1) is 0 Å². The zero-order valence-electron chi connectivity index (χ0n) is 7.82. The van der Waals surface area contributed by atoms with Gasteiger partial charge in [0.15, 0.2) is 0 Å². The topological polar surface area (TPSA) is 89.3 Å². The lowest BCUT2D eigenvalue weighted by Crippen LogP contribution is -2.29. The monoisotopic (exact) mass is 292 g/mol. The maximum Gasteiger partial charge on any atom is 0.265 e. The number of anilines is 1. The number of halogens is 1. The Labute approximate surface area is 95.8 Å². The Morgan fingerprint density at radius 2 is 2.07 bits per heavy atom. The second-order valence-corrected chi connectivity index (χ2v) is 5.55. The molecule has 1 rings (SSSR count). The van der Waals surface area contributed by atoms with Gasteiger partial charge in [0, 0.05) is 10.2 Å². The van der Waals surface area contributed by atoms with Gasteiger partial charge >= 0.3 is 0 Å². The number of nitrogens with one attached hydrogen (secondary N) is 1. The van der Waals surface area contributed by atoms with Crippen LogP contribution >= 0.6 is 15.9 Å². The minimum atomic E-state index is -3.56. The number of carbonyl (C=O) groups is 1. The average Bonchev–Trinajstić information content (AvgIpc) is 2.06. The van der Waals surface area contributed by atoms with Crippen molar-refractivity contribution in [2.75, 3.05) is 12.0 Å². The molecule has 0 aliphatic heterocycles. The third-order valence-corrected chi connectivity index (χ3v) is 2.76. The van der Waals surface area contributed by atoms with E-state index in [0.717, 1.165) is 6.26 Å². The van der Waals surface area contributed by atoms with E-state index in [0.29, 0.717) is 10.2 Å². The lowest BCUT2D eigenvalue weighted by atomic mass is 10.2. The van der Waals surface area contributed by atoms with Crippen molar-refractivity contribution in [3.8, 4) is 0 Å². The van der Waals surface area contributed by atoms with Crippen molar-refractivity contribution >= 4 is 37.5 Å². The highest BCUT2D eigenvalue weighted by Crippen LogP contribution is 2.19. The summed E-state index contributed by atoms with van der Waals surface area (Å²) in [5, 5.41) is 0. The number of hydrogen-bond acceptors (Lipinski definition) is 4. The van der Waals surface area contributed by atoms with Crippen LogP contribution in [0.4, 0.5) is 5.69 Å². The van der Waals surface area contributed by atoms with Crippen molar-refractivity contribution in [3.63, 3.8) is 0 Å². The van der Waals surface area contributed by atoms with Crippen molar-refractivity contribution in [3.05, 3.63) is 28.2 Å². The van der Waals surface area contributed by atoms with Crippen LogP contribution in [0.25, 0.3) is 0 Å². The van der Waals surface area contributed by atoms with Gasteiger partial charge in [-0.1, -0.05) is 0 Å². The Bertz CT molecular complexity index is 499. The lowest BCUT2D eigenvalue weighted by molar-refractivity contribution is 0.0981. The normalized spacial score (nSPS) is 11.1. The van der Waals surface area contributed by atoms with Crippen LogP contribution in [0.2, 0.25) is 0 Å². The van der Waals surface area contributed by atoms with E-state index in [4.69, 9.17) is 5.73 Å². The molecular weight excluding hydrogens is 284 g/mol. The highest BCUT2D eigenvalue weighted by molar-refractivity contribution is 9.10. The number of nitrogen functional groups attached to an aromatic ring is 1. The van der Waals surface area contributed by atoms with E-state index in [9.17, 15) is 13.2 Å². The molecule has 0 atom stereocenters. The summed E-state index contributed by atoms with van der Waals surface area (Å²) < 4.78 is 24.0. The highest BCUT2D eigenvalue weighted by Gasteiger charge is 2.14. The van der Waals surface area contributed by atoms with Crippen molar-refractivity contribution in [2.24, 2.45) is 0 Å². The van der Waals surface area contributed by atoms with Crippen molar-refractivity contribution in [1.29, 1.82) is 0 Å². The molecule has 0 aliphatic carbocycles. The summed E-state index contributed by atoms with van der Waals surface area (Å²) in [7, 11) is -3.56. The molecule has 0 bridgehead atoms. The largest absolute Gasteiger partial charge is 0.399 e. The molecule has 15 heavy (non-hydrogen) atoms. The molecule has 1 aromatic rings. The summed E-state index contributed by atoms with van der Waals surface area (Å²) in [6, 6.07) is 4.57. The second kappa shape index (κ2) is 4.19. The summed E-state index contributed by atoms with van der Waals surface area (Å²) in [6.07, 6.45) is 0.908. The molecule has 0 unspecified atom stereocenters. The predicted molar refractivity (Wildman–Crippen MR) is 60.9 cm³/mol. The van der Waals surface area contributed by atoms with Gasteiger partial charge < -0.3 is 5.73 Å². The van der Waals surface area contributed by atoms with E-state index in [-0.39, 0.29) is 5.56 Å². The number of nitrogens with two attached hydrogens (primary N) is 1. The van der Waals surface area contributed by atoms with Gasteiger partial charge in [0.2, 0.25) is 10.0 Å². The van der Waals surface area contributed by atoms with E-state index in [1.165, 1.54) is 6.07 Å². The van der Waals surface area contributed by atoms with Gasteiger partial charge in [-0.3, -0.25) is 4.79 Å². The molecule has 1 amide bonds. The third kappa shape index (κ3) is 3.52.